The van der Waals surface area contributed by atoms with E-state index in [0.29, 0.717) is 18.8 Å². The molecule has 2 aromatic carbocycles. The number of phenolic OH excluding ortho intramolecular Hbond substituents is 1. The van der Waals surface area contributed by atoms with E-state index in [-0.39, 0.29) is 17.1 Å². The summed E-state index contributed by atoms with van der Waals surface area (Å²) in [6.45, 7) is 7.64. The fourth-order valence-corrected chi connectivity index (χ4v) is 3.23. The number of methoxy groups -OCH3 is 1. The number of benzene rings is 2. The smallest absolute Gasteiger partial charge is 0.160 e. The van der Waals surface area contributed by atoms with Gasteiger partial charge in [0.05, 0.1) is 13.2 Å². The van der Waals surface area contributed by atoms with Crippen LogP contribution in [-0.4, -0.2) is 30.0 Å². The molecule has 2 atom stereocenters. The fourth-order valence-electron chi connectivity index (χ4n) is 3.23. The Bertz CT molecular complexity index is 680. The van der Waals surface area contributed by atoms with Gasteiger partial charge in [-0.05, 0) is 41.0 Å². The first-order valence-corrected chi connectivity index (χ1v) is 9.10. The van der Waals surface area contributed by atoms with Crippen molar-refractivity contribution in [3.8, 4) is 11.5 Å². The molecule has 0 saturated carbocycles. The number of aromatic hydroxyl groups is 1. The average Bonchev–Trinajstić information content (AvgIpc) is 2.61. The molecule has 0 spiro atoms. The third-order valence-corrected chi connectivity index (χ3v) is 4.80. The van der Waals surface area contributed by atoms with Crippen LogP contribution in [0.4, 0.5) is 0 Å². The lowest BCUT2D eigenvalue weighted by atomic mass is 9.74. The van der Waals surface area contributed by atoms with Gasteiger partial charge in [-0.15, -0.1) is 0 Å². The van der Waals surface area contributed by atoms with E-state index in [4.69, 9.17) is 4.74 Å². The van der Waals surface area contributed by atoms with Gasteiger partial charge in [0.2, 0.25) is 0 Å². The van der Waals surface area contributed by atoms with Crippen LogP contribution >= 0.6 is 0 Å². The molecule has 0 aliphatic carbocycles. The molecule has 0 saturated heterocycles. The van der Waals surface area contributed by atoms with Crippen molar-refractivity contribution in [1.29, 1.82) is 0 Å². The van der Waals surface area contributed by atoms with Crippen LogP contribution in [0.1, 0.15) is 31.9 Å². The van der Waals surface area contributed by atoms with E-state index in [1.807, 2.05) is 24.3 Å². The van der Waals surface area contributed by atoms with Gasteiger partial charge in [0.1, 0.15) is 0 Å². The molecular weight excluding hydrogens is 326 g/mol. The van der Waals surface area contributed by atoms with Crippen LogP contribution in [-0.2, 0) is 13.0 Å². The van der Waals surface area contributed by atoms with Crippen molar-refractivity contribution >= 4 is 0 Å². The second-order valence-electron chi connectivity index (χ2n) is 7.87. The summed E-state index contributed by atoms with van der Waals surface area (Å²) in [6.07, 6.45) is 0.398. The van der Waals surface area contributed by atoms with Crippen molar-refractivity contribution < 1.29 is 14.9 Å². The van der Waals surface area contributed by atoms with Crippen molar-refractivity contribution in [3.63, 3.8) is 0 Å². The monoisotopic (exact) mass is 357 g/mol. The number of phenols is 1. The molecule has 0 bridgehead atoms. The molecule has 0 radical (unpaired) electrons. The maximum atomic E-state index is 10.8. The zero-order valence-electron chi connectivity index (χ0n) is 16.2. The van der Waals surface area contributed by atoms with Gasteiger partial charge in [0.25, 0.3) is 0 Å². The standard InChI is InChI=1S/C22H31NO3/c1-22(2,3)18(12-16-8-6-5-7-9-16)20(25)15-23-14-17-10-11-19(24)21(13-17)26-4/h5-11,13,18,20,23-25H,12,14-15H2,1-4H3/t18?,20-/m0/s1. The quantitative estimate of drug-likeness (QED) is 0.673. The van der Waals surface area contributed by atoms with Crippen LogP contribution in [0.15, 0.2) is 48.5 Å². The highest BCUT2D eigenvalue weighted by molar-refractivity contribution is 5.41. The van der Waals surface area contributed by atoms with Crippen molar-refractivity contribution in [3.05, 3.63) is 59.7 Å². The molecule has 2 rings (SSSR count). The van der Waals surface area contributed by atoms with Crippen LogP contribution in [0.2, 0.25) is 0 Å². The highest BCUT2D eigenvalue weighted by atomic mass is 16.5. The Morgan fingerprint density at radius 2 is 1.73 bits per heavy atom. The molecule has 0 aromatic heterocycles. The second-order valence-corrected chi connectivity index (χ2v) is 7.87. The number of hydrogen-bond acceptors (Lipinski definition) is 4. The van der Waals surface area contributed by atoms with Crippen LogP contribution in [0, 0.1) is 11.3 Å². The summed E-state index contributed by atoms with van der Waals surface area (Å²) in [5.41, 5.74) is 2.25. The minimum Gasteiger partial charge on any atom is -0.504 e. The first kappa shape index (κ1) is 20.3. The van der Waals surface area contributed by atoms with Crippen molar-refractivity contribution in [2.75, 3.05) is 13.7 Å². The fraction of sp³-hybridized carbons (Fsp3) is 0.455. The Labute approximate surface area is 156 Å². The molecular formula is C22H31NO3. The minimum absolute atomic E-state index is 0.00129. The van der Waals surface area contributed by atoms with Gasteiger partial charge in [-0.25, -0.2) is 0 Å². The Balaban J connectivity index is 1.95. The molecule has 0 amide bonds. The zero-order chi connectivity index (χ0) is 19.2. The second kappa shape index (κ2) is 9.06. The van der Waals surface area contributed by atoms with E-state index in [9.17, 15) is 10.2 Å². The van der Waals surface area contributed by atoms with Crippen molar-refractivity contribution in [2.45, 2.75) is 39.8 Å². The molecule has 4 nitrogen and oxygen atoms in total. The van der Waals surface area contributed by atoms with E-state index < -0.39 is 6.10 Å². The van der Waals surface area contributed by atoms with Crippen LogP contribution in [0.3, 0.4) is 0 Å². The van der Waals surface area contributed by atoms with Gasteiger partial charge < -0.3 is 20.3 Å². The predicted molar refractivity (Wildman–Crippen MR) is 105 cm³/mol. The van der Waals surface area contributed by atoms with Crippen molar-refractivity contribution in [2.24, 2.45) is 11.3 Å². The lowest BCUT2D eigenvalue weighted by molar-refractivity contribution is 0.0427. The topological polar surface area (TPSA) is 61.7 Å². The Morgan fingerprint density at radius 3 is 2.35 bits per heavy atom. The van der Waals surface area contributed by atoms with E-state index >= 15 is 0 Å². The third-order valence-electron chi connectivity index (χ3n) is 4.80. The Kier molecular flexibility index (Phi) is 7.06. The summed E-state index contributed by atoms with van der Waals surface area (Å²) in [4.78, 5) is 0. The SMILES string of the molecule is COc1cc(CNC[C@H](O)C(Cc2ccccc2)C(C)(C)C)ccc1O. The van der Waals surface area contributed by atoms with E-state index in [2.05, 4.69) is 38.2 Å². The number of ether oxygens (including phenoxy) is 1. The highest BCUT2D eigenvalue weighted by Crippen LogP contribution is 2.32. The van der Waals surface area contributed by atoms with Crippen molar-refractivity contribution in [1.82, 2.24) is 5.32 Å². The molecule has 142 valence electrons. The third kappa shape index (κ3) is 5.75. The highest BCUT2D eigenvalue weighted by Gasteiger charge is 2.31. The summed E-state index contributed by atoms with van der Waals surface area (Å²) in [5.74, 6) is 0.736. The van der Waals surface area contributed by atoms with Gasteiger partial charge in [-0.2, -0.15) is 0 Å². The first-order chi connectivity index (χ1) is 12.3. The Hall–Kier alpha value is -2.04. The van der Waals surface area contributed by atoms with Gasteiger partial charge in [-0.1, -0.05) is 57.2 Å². The molecule has 0 fully saturated rings. The van der Waals surface area contributed by atoms with Crippen LogP contribution in [0.5, 0.6) is 11.5 Å². The summed E-state index contributed by atoms with van der Waals surface area (Å²) in [5, 5.41) is 23.8. The molecule has 4 heteroatoms. The molecule has 3 N–H and O–H groups in total. The maximum Gasteiger partial charge on any atom is 0.160 e. The number of aliphatic hydroxyl groups excluding tert-OH is 1. The lowest BCUT2D eigenvalue weighted by Gasteiger charge is -2.35. The number of aliphatic hydroxyl groups is 1. The summed E-state index contributed by atoms with van der Waals surface area (Å²) in [6, 6.07) is 15.6. The molecule has 2 aromatic rings. The van der Waals surface area contributed by atoms with E-state index in [1.54, 1.807) is 12.1 Å². The number of nitrogens with one attached hydrogen (secondary N) is 1. The minimum atomic E-state index is -0.450. The molecule has 0 aliphatic heterocycles. The average molecular weight is 357 g/mol. The van der Waals surface area contributed by atoms with Gasteiger partial charge >= 0.3 is 0 Å². The lowest BCUT2D eigenvalue weighted by Crippen LogP contribution is -2.40. The number of hydrogen-bond donors (Lipinski definition) is 3. The zero-order valence-corrected chi connectivity index (χ0v) is 16.2. The molecule has 0 aliphatic rings. The predicted octanol–water partition coefficient (Wildman–Crippen LogP) is 3.76. The van der Waals surface area contributed by atoms with Gasteiger partial charge in [0.15, 0.2) is 11.5 Å². The van der Waals surface area contributed by atoms with Gasteiger partial charge in [-0.3, -0.25) is 0 Å². The molecule has 1 unspecified atom stereocenters. The summed E-state index contributed by atoms with van der Waals surface area (Å²) >= 11 is 0. The normalized spacial score (nSPS) is 14.0. The number of rotatable bonds is 8. The maximum absolute atomic E-state index is 10.8. The van der Waals surface area contributed by atoms with Crippen LogP contribution in [0.25, 0.3) is 0 Å². The van der Waals surface area contributed by atoms with Crippen LogP contribution < -0.4 is 10.1 Å². The molecule has 0 heterocycles. The summed E-state index contributed by atoms with van der Waals surface area (Å²) < 4.78 is 5.14. The van der Waals surface area contributed by atoms with E-state index in [1.165, 1.54) is 12.7 Å². The largest absolute Gasteiger partial charge is 0.504 e. The van der Waals surface area contributed by atoms with Gasteiger partial charge in [0, 0.05) is 13.1 Å². The Morgan fingerprint density at radius 1 is 1.04 bits per heavy atom. The van der Waals surface area contributed by atoms with E-state index in [0.717, 1.165) is 12.0 Å². The summed E-state index contributed by atoms with van der Waals surface area (Å²) in [7, 11) is 1.54. The molecule has 26 heavy (non-hydrogen) atoms. The first-order valence-electron chi connectivity index (χ1n) is 9.10.